The average molecular weight is 294 g/mol. The van der Waals surface area contributed by atoms with Crippen LogP contribution in [0.25, 0.3) is 0 Å². The number of Topliss-reactive ketones (excluding diaryl/α,β-unsaturated/α-hetero) is 1. The van der Waals surface area contributed by atoms with E-state index in [9.17, 15) is 14.9 Å². The number of hydrogen-bond donors (Lipinski definition) is 0. The highest BCUT2D eigenvalue weighted by molar-refractivity contribution is 5.79. The number of aromatic nitrogens is 2. The fraction of sp³-hybridized carbons (Fsp3) is 0.714. The molecule has 21 heavy (non-hydrogen) atoms. The maximum Gasteiger partial charge on any atom is 0.333 e. The minimum absolute atomic E-state index is 0.0860. The van der Waals surface area contributed by atoms with Gasteiger partial charge < -0.3 is 4.90 Å². The lowest BCUT2D eigenvalue weighted by Gasteiger charge is -2.31. The zero-order valence-electron chi connectivity index (χ0n) is 12.8. The van der Waals surface area contributed by atoms with Crippen LogP contribution >= 0.6 is 0 Å². The molecule has 1 fully saturated rings. The van der Waals surface area contributed by atoms with Gasteiger partial charge in [0, 0.05) is 32.5 Å². The van der Waals surface area contributed by atoms with Crippen LogP contribution in [0.3, 0.4) is 0 Å². The Morgan fingerprint density at radius 1 is 1.43 bits per heavy atom. The van der Waals surface area contributed by atoms with Crippen LogP contribution in [0.2, 0.25) is 0 Å². The predicted molar refractivity (Wildman–Crippen MR) is 79.6 cm³/mol. The van der Waals surface area contributed by atoms with E-state index in [4.69, 9.17) is 0 Å². The van der Waals surface area contributed by atoms with Crippen LogP contribution in [-0.4, -0.2) is 33.6 Å². The molecule has 7 heteroatoms. The van der Waals surface area contributed by atoms with E-state index in [1.54, 1.807) is 11.6 Å². The Balaban J connectivity index is 2.35. The molecule has 0 unspecified atom stereocenters. The summed E-state index contributed by atoms with van der Waals surface area (Å²) in [7, 11) is 1.87. The molecule has 7 nitrogen and oxygen atoms in total. The topological polar surface area (TPSA) is 81.3 Å². The minimum Gasteiger partial charge on any atom is -0.351 e. The van der Waals surface area contributed by atoms with Gasteiger partial charge in [-0.2, -0.15) is 5.10 Å². The van der Waals surface area contributed by atoms with E-state index in [1.165, 1.54) is 0 Å². The molecule has 0 N–H and O–H groups in total. The van der Waals surface area contributed by atoms with Gasteiger partial charge in [-0.1, -0.05) is 6.92 Å². The van der Waals surface area contributed by atoms with Crippen LogP contribution in [-0.2, 0) is 11.3 Å². The van der Waals surface area contributed by atoms with Crippen LogP contribution in [0.1, 0.15) is 44.7 Å². The normalized spacial score (nSPS) is 16.2. The van der Waals surface area contributed by atoms with E-state index in [0.29, 0.717) is 30.9 Å². The molecule has 0 aliphatic heterocycles. The average Bonchev–Trinajstić information content (AvgIpc) is 2.76. The van der Waals surface area contributed by atoms with Crippen LogP contribution < -0.4 is 4.90 Å². The quantitative estimate of drug-likeness (QED) is 0.615. The highest BCUT2D eigenvalue weighted by atomic mass is 16.6. The van der Waals surface area contributed by atoms with Crippen molar-refractivity contribution in [2.45, 2.75) is 58.5 Å². The number of nitrogens with zero attached hydrogens (tertiary/aromatic N) is 4. The number of nitro groups is 1. The summed E-state index contributed by atoms with van der Waals surface area (Å²) in [4.78, 5) is 24.3. The predicted octanol–water partition coefficient (Wildman–Crippen LogP) is 2.46. The maximum absolute atomic E-state index is 11.4. The molecule has 0 amide bonds. The number of carbonyl (C=O) groups is 1. The number of aryl methyl sites for hydroxylation is 2. The van der Waals surface area contributed by atoms with Gasteiger partial charge in [0.25, 0.3) is 0 Å². The van der Waals surface area contributed by atoms with Gasteiger partial charge in [-0.05, 0) is 26.2 Å². The number of hydrogen-bond acceptors (Lipinski definition) is 5. The van der Waals surface area contributed by atoms with Crippen LogP contribution in [0.4, 0.5) is 11.5 Å². The first-order valence-electron chi connectivity index (χ1n) is 7.42. The van der Waals surface area contributed by atoms with Gasteiger partial charge >= 0.3 is 5.69 Å². The fourth-order valence-corrected chi connectivity index (χ4v) is 2.98. The maximum atomic E-state index is 11.4. The monoisotopic (exact) mass is 294 g/mol. The number of carbonyl (C=O) groups excluding carboxylic acids is 1. The third-order valence-corrected chi connectivity index (χ3v) is 4.08. The Hall–Kier alpha value is -1.92. The van der Waals surface area contributed by atoms with E-state index < -0.39 is 0 Å². The van der Waals surface area contributed by atoms with Gasteiger partial charge in [0.1, 0.15) is 11.5 Å². The number of rotatable bonds is 5. The van der Waals surface area contributed by atoms with E-state index in [1.807, 2.05) is 18.9 Å². The van der Waals surface area contributed by atoms with Crippen molar-refractivity contribution in [3.05, 3.63) is 15.8 Å². The Morgan fingerprint density at radius 2 is 2.05 bits per heavy atom. The third-order valence-electron chi connectivity index (χ3n) is 4.08. The SMILES string of the molecule is CCCn1nc(C)c([N+](=O)[O-])c1N(C)C1CCC(=O)CC1. The second kappa shape index (κ2) is 6.24. The molecule has 0 atom stereocenters. The van der Waals surface area contributed by atoms with E-state index >= 15 is 0 Å². The van der Waals surface area contributed by atoms with Crippen LogP contribution in [0.5, 0.6) is 0 Å². The molecule has 0 spiro atoms. The van der Waals surface area contributed by atoms with Crippen molar-refractivity contribution in [2.75, 3.05) is 11.9 Å². The van der Waals surface area contributed by atoms with E-state index in [0.717, 1.165) is 19.3 Å². The molecule has 0 radical (unpaired) electrons. The van der Waals surface area contributed by atoms with Gasteiger partial charge in [0.15, 0.2) is 0 Å². The summed E-state index contributed by atoms with van der Waals surface area (Å²) in [6.07, 6.45) is 3.49. The molecule has 0 bridgehead atoms. The van der Waals surface area contributed by atoms with Crippen molar-refractivity contribution in [3.63, 3.8) is 0 Å². The van der Waals surface area contributed by atoms with Crippen molar-refractivity contribution in [2.24, 2.45) is 0 Å². The molecular formula is C14H22N4O3. The third kappa shape index (κ3) is 3.06. The Morgan fingerprint density at radius 3 is 2.57 bits per heavy atom. The first-order valence-corrected chi connectivity index (χ1v) is 7.42. The largest absolute Gasteiger partial charge is 0.351 e. The highest BCUT2D eigenvalue weighted by Crippen LogP contribution is 2.34. The Labute approximate surface area is 124 Å². The molecule has 1 aliphatic carbocycles. The summed E-state index contributed by atoms with van der Waals surface area (Å²) >= 11 is 0. The fourth-order valence-electron chi connectivity index (χ4n) is 2.98. The first kappa shape index (κ1) is 15.5. The van der Waals surface area contributed by atoms with Gasteiger partial charge in [0.2, 0.25) is 5.82 Å². The summed E-state index contributed by atoms with van der Waals surface area (Å²) in [6.45, 7) is 4.35. The van der Waals surface area contributed by atoms with Gasteiger partial charge in [-0.15, -0.1) is 0 Å². The van der Waals surface area contributed by atoms with Gasteiger partial charge in [0.05, 0.1) is 4.92 Å². The molecule has 2 rings (SSSR count). The highest BCUT2D eigenvalue weighted by Gasteiger charge is 2.32. The zero-order valence-corrected chi connectivity index (χ0v) is 12.8. The molecular weight excluding hydrogens is 272 g/mol. The number of anilines is 1. The smallest absolute Gasteiger partial charge is 0.333 e. The van der Waals surface area contributed by atoms with Crippen LogP contribution in [0, 0.1) is 17.0 Å². The molecule has 1 saturated carbocycles. The van der Waals surface area contributed by atoms with Crippen molar-refractivity contribution in [1.29, 1.82) is 0 Å². The molecule has 1 aliphatic rings. The van der Waals surface area contributed by atoms with Crippen LogP contribution in [0.15, 0.2) is 0 Å². The lowest BCUT2D eigenvalue weighted by molar-refractivity contribution is -0.384. The summed E-state index contributed by atoms with van der Waals surface area (Å²) in [5, 5.41) is 15.7. The summed E-state index contributed by atoms with van der Waals surface area (Å²) in [6, 6.07) is 0.160. The Bertz CT molecular complexity index is 543. The molecule has 1 heterocycles. The van der Waals surface area contributed by atoms with Crippen molar-refractivity contribution < 1.29 is 9.72 Å². The summed E-state index contributed by atoms with van der Waals surface area (Å²) in [5.41, 5.74) is 0.532. The lowest BCUT2D eigenvalue weighted by Crippen LogP contribution is -2.37. The summed E-state index contributed by atoms with van der Waals surface area (Å²) < 4.78 is 1.73. The minimum atomic E-state index is -0.353. The van der Waals surface area contributed by atoms with E-state index in [2.05, 4.69) is 5.10 Å². The summed E-state index contributed by atoms with van der Waals surface area (Å²) in [5.74, 6) is 0.853. The van der Waals surface area contributed by atoms with Crippen molar-refractivity contribution >= 4 is 17.3 Å². The van der Waals surface area contributed by atoms with Gasteiger partial charge in [-0.3, -0.25) is 14.9 Å². The van der Waals surface area contributed by atoms with Gasteiger partial charge in [-0.25, -0.2) is 4.68 Å². The van der Waals surface area contributed by atoms with Crippen molar-refractivity contribution in [3.8, 4) is 0 Å². The van der Waals surface area contributed by atoms with E-state index in [-0.39, 0.29) is 22.4 Å². The molecule has 1 aromatic rings. The zero-order chi connectivity index (χ0) is 15.6. The second-order valence-electron chi connectivity index (χ2n) is 5.62. The lowest BCUT2D eigenvalue weighted by atomic mass is 9.93. The molecule has 0 aromatic carbocycles. The first-order chi connectivity index (χ1) is 9.95. The van der Waals surface area contributed by atoms with Crippen molar-refractivity contribution in [1.82, 2.24) is 9.78 Å². The standard InChI is InChI=1S/C14H22N4O3/c1-4-9-17-14(13(18(20)21)10(2)15-17)16(3)11-5-7-12(19)8-6-11/h11H,4-9H2,1-3H3. The Kier molecular flexibility index (Phi) is 4.59. The second-order valence-corrected chi connectivity index (χ2v) is 5.62. The number of ketones is 1. The molecule has 116 valence electrons. The molecule has 1 aromatic heterocycles. The molecule has 0 saturated heterocycles.